The Morgan fingerprint density at radius 3 is 2.50 bits per heavy atom. The number of aromatic amines is 1. The highest BCUT2D eigenvalue weighted by Gasteiger charge is 2.56. The summed E-state index contributed by atoms with van der Waals surface area (Å²) in [6.07, 6.45) is -0.0206. The van der Waals surface area contributed by atoms with Gasteiger partial charge in [-0.3, -0.25) is 23.7 Å². The molecule has 2 aromatic rings. The average molecular weight is 570 g/mol. The molecule has 14 heteroatoms. The molecule has 2 aliphatic rings. The molecule has 1 unspecified atom stereocenters. The van der Waals surface area contributed by atoms with Crippen molar-refractivity contribution >= 4 is 25.5 Å². The minimum Gasteiger partial charge on any atom is -0.462 e. The van der Waals surface area contributed by atoms with Crippen LogP contribution in [0.2, 0.25) is 0 Å². The predicted octanol–water partition coefficient (Wildman–Crippen LogP) is 2.80. The number of benzene rings is 1. The molecular formula is C24H32N3O9PS. The summed E-state index contributed by atoms with van der Waals surface area (Å²) in [6.45, 7) is 8.32. The average Bonchev–Trinajstić information content (AvgIpc) is 3.31. The van der Waals surface area contributed by atoms with Gasteiger partial charge in [0.15, 0.2) is 5.79 Å². The van der Waals surface area contributed by atoms with Gasteiger partial charge in [-0.2, -0.15) is 5.09 Å². The van der Waals surface area contributed by atoms with Crippen molar-refractivity contribution in [3.8, 4) is 5.75 Å². The molecule has 6 atom stereocenters. The summed E-state index contributed by atoms with van der Waals surface area (Å²) < 4.78 is 44.2. The van der Waals surface area contributed by atoms with E-state index in [1.165, 1.54) is 35.5 Å². The molecule has 1 aromatic carbocycles. The molecule has 0 radical (unpaired) electrons. The van der Waals surface area contributed by atoms with Gasteiger partial charge in [0.25, 0.3) is 5.56 Å². The Bertz CT molecular complexity index is 1300. The van der Waals surface area contributed by atoms with E-state index in [1.807, 2.05) is 0 Å². The summed E-state index contributed by atoms with van der Waals surface area (Å²) in [5, 5.41) is 1.69. The molecule has 0 saturated carbocycles. The van der Waals surface area contributed by atoms with Gasteiger partial charge in [-0.05, 0) is 46.8 Å². The largest absolute Gasteiger partial charge is 0.462 e. The lowest BCUT2D eigenvalue weighted by Crippen LogP contribution is -2.37. The first-order valence-electron chi connectivity index (χ1n) is 12.2. The van der Waals surface area contributed by atoms with Crippen LogP contribution in [0.25, 0.3) is 0 Å². The molecule has 0 bridgehead atoms. The fourth-order valence-electron chi connectivity index (χ4n) is 4.15. The minimum absolute atomic E-state index is 0.122. The molecule has 2 fully saturated rings. The molecule has 0 aliphatic carbocycles. The second kappa shape index (κ2) is 11.4. The number of nitrogens with one attached hydrogen (secondary N) is 2. The number of hydrogen-bond acceptors (Lipinski definition) is 10. The SMILES string of the molecule is CC(C)OC(=O)[C@H](C)N[P@](=O)(OC[C@H]1S[C@@H](n2ccc(=O)[nH]c2=O)[C@H]2OC(C)(C)OC12)Oc1ccccc1. The highest BCUT2D eigenvalue weighted by atomic mass is 32.2. The van der Waals surface area contributed by atoms with E-state index < -0.39 is 59.6 Å². The van der Waals surface area contributed by atoms with E-state index in [4.69, 9.17) is 23.3 Å². The molecule has 3 heterocycles. The molecule has 38 heavy (non-hydrogen) atoms. The molecule has 12 nitrogen and oxygen atoms in total. The standard InChI is InChI=1S/C24H32N3O9PS/c1-14(2)33-22(29)15(3)26-37(31,36-16-9-7-6-8-10-16)32-13-17-19-20(35-24(4,5)34-19)21(38-17)27-12-11-18(28)25-23(27)30/h6-12,14-15,17,19-21H,13H2,1-5H3,(H,26,31)(H,25,28,30)/t15-,17+,19?,20-,21+,37-/m0/s1. The molecule has 4 rings (SSSR count). The van der Waals surface area contributed by atoms with Crippen molar-refractivity contribution in [2.24, 2.45) is 0 Å². The van der Waals surface area contributed by atoms with E-state index in [9.17, 15) is 18.9 Å². The van der Waals surface area contributed by atoms with Crippen LogP contribution < -0.4 is 20.9 Å². The summed E-state index contributed by atoms with van der Waals surface area (Å²) in [7, 11) is -4.10. The third kappa shape index (κ3) is 6.77. The van der Waals surface area contributed by atoms with E-state index >= 15 is 0 Å². The zero-order valence-corrected chi connectivity index (χ0v) is 23.4. The monoisotopic (exact) mass is 569 g/mol. The van der Waals surface area contributed by atoms with Crippen LogP contribution in [-0.4, -0.2) is 57.5 Å². The minimum atomic E-state index is -4.10. The van der Waals surface area contributed by atoms with Crippen LogP contribution in [0.4, 0.5) is 0 Å². The van der Waals surface area contributed by atoms with Crippen LogP contribution in [0.5, 0.6) is 5.75 Å². The quantitative estimate of drug-likeness (QED) is 0.322. The number of hydrogen-bond donors (Lipinski definition) is 2. The van der Waals surface area contributed by atoms with Gasteiger partial charge in [0, 0.05) is 12.3 Å². The first kappa shape index (κ1) is 28.6. The molecule has 1 aromatic heterocycles. The van der Waals surface area contributed by atoms with E-state index in [1.54, 1.807) is 58.0 Å². The summed E-state index contributed by atoms with van der Waals surface area (Å²) in [6, 6.07) is 8.70. The Labute approximate surface area is 223 Å². The number of carbonyl (C=O) groups excluding carboxylic acids is 1. The summed E-state index contributed by atoms with van der Waals surface area (Å²) in [5.74, 6) is -1.26. The summed E-state index contributed by atoms with van der Waals surface area (Å²) >= 11 is 1.33. The lowest BCUT2D eigenvalue weighted by atomic mass is 10.1. The van der Waals surface area contributed by atoms with Crippen LogP contribution in [0.1, 0.15) is 40.0 Å². The maximum Gasteiger partial charge on any atom is 0.459 e. The number of esters is 1. The van der Waals surface area contributed by atoms with Crippen molar-refractivity contribution in [2.45, 2.75) is 75.4 Å². The predicted molar refractivity (Wildman–Crippen MR) is 140 cm³/mol. The van der Waals surface area contributed by atoms with Crippen molar-refractivity contribution < 1.29 is 32.6 Å². The normalized spacial score (nSPS) is 26.5. The van der Waals surface area contributed by atoms with Crippen LogP contribution >= 0.6 is 19.5 Å². The number of H-pyrrole nitrogens is 1. The molecular weight excluding hydrogens is 537 g/mol. The summed E-state index contributed by atoms with van der Waals surface area (Å²) in [5.41, 5.74) is -1.09. The fraction of sp³-hybridized carbons (Fsp3) is 0.542. The Morgan fingerprint density at radius 2 is 1.84 bits per heavy atom. The number of carbonyl (C=O) groups is 1. The fourth-order valence-corrected chi connectivity index (χ4v) is 7.30. The van der Waals surface area contributed by atoms with Gasteiger partial charge in [0.05, 0.1) is 18.0 Å². The highest BCUT2D eigenvalue weighted by molar-refractivity contribution is 8.00. The molecule has 208 valence electrons. The van der Waals surface area contributed by atoms with Crippen LogP contribution in [0.3, 0.4) is 0 Å². The van der Waals surface area contributed by atoms with Crippen LogP contribution in [-0.2, 0) is 28.1 Å². The maximum atomic E-state index is 13.9. The number of ether oxygens (including phenoxy) is 3. The second-order valence-electron chi connectivity index (χ2n) is 9.68. The number of nitrogens with zero attached hydrogens (tertiary/aromatic N) is 1. The third-order valence-corrected chi connectivity index (χ3v) is 8.86. The zero-order valence-electron chi connectivity index (χ0n) is 21.7. The van der Waals surface area contributed by atoms with Gasteiger partial charge in [-0.15, -0.1) is 11.8 Å². The second-order valence-corrected chi connectivity index (χ2v) is 12.7. The van der Waals surface area contributed by atoms with Gasteiger partial charge >= 0.3 is 19.4 Å². The van der Waals surface area contributed by atoms with E-state index in [2.05, 4.69) is 10.1 Å². The van der Waals surface area contributed by atoms with E-state index in [0.29, 0.717) is 0 Å². The Hall–Kier alpha value is -2.41. The van der Waals surface area contributed by atoms with E-state index in [0.717, 1.165) is 0 Å². The van der Waals surface area contributed by atoms with Crippen LogP contribution in [0, 0.1) is 0 Å². The lowest BCUT2D eigenvalue weighted by molar-refractivity contribution is -0.150. The number of para-hydroxylation sites is 1. The van der Waals surface area contributed by atoms with Crippen molar-refractivity contribution in [3.63, 3.8) is 0 Å². The van der Waals surface area contributed by atoms with Crippen LogP contribution in [0.15, 0.2) is 52.2 Å². The molecule has 2 N–H and O–H groups in total. The smallest absolute Gasteiger partial charge is 0.459 e. The highest BCUT2D eigenvalue weighted by Crippen LogP contribution is 2.52. The molecule has 2 aliphatic heterocycles. The maximum absolute atomic E-state index is 13.9. The Balaban J connectivity index is 1.55. The molecule has 0 amide bonds. The van der Waals surface area contributed by atoms with Gasteiger partial charge in [-0.25, -0.2) is 9.36 Å². The molecule has 2 saturated heterocycles. The third-order valence-electron chi connectivity index (χ3n) is 5.69. The molecule has 0 spiro atoms. The van der Waals surface area contributed by atoms with Crippen molar-refractivity contribution in [2.75, 3.05) is 6.61 Å². The van der Waals surface area contributed by atoms with Gasteiger partial charge in [0.1, 0.15) is 29.4 Å². The lowest BCUT2D eigenvalue weighted by Gasteiger charge is -2.26. The number of aromatic nitrogens is 2. The van der Waals surface area contributed by atoms with Crippen molar-refractivity contribution in [1.82, 2.24) is 14.6 Å². The van der Waals surface area contributed by atoms with Gasteiger partial charge in [0.2, 0.25) is 0 Å². The van der Waals surface area contributed by atoms with Crippen molar-refractivity contribution in [3.05, 3.63) is 63.4 Å². The Morgan fingerprint density at radius 1 is 1.16 bits per heavy atom. The number of thioether (sulfide) groups is 1. The number of fused-ring (bicyclic) bond motifs is 1. The van der Waals surface area contributed by atoms with Gasteiger partial charge < -0.3 is 18.7 Å². The first-order valence-corrected chi connectivity index (χ1v) is 14.6. The number of rotatable bonds is 10. The van der Waals surface area contributed by atoms with Crippen molar-refractivity contribution in [1.29, 1.82) is 0 Å². The Kier molecular flexibility index (Phi) is 8.55. The summed E-state index contributed by atoms with van der Waals surface area (Å²) in [4.78, 5) is 38.7. The van der Waals surface area contributed by atoms with E-state index in [-0.39, 0.29) is 18.5 Å². The topological polar surface area (TPSA) is 147 Å². The zero-order chi connectivity index (χ0) is 27.7. The first-order chi connectivity index (χ1) is 17.9. The van der Waals surface area contributed by atoms with Gasteiger partial charge in [-0.1, -0.05) is 18.2 Å².